The second kappa shape index (κ2) is 6.14. The Bertz CT molecular complexity index is 371. The van der Waals surface area contributed by atoms with E-state index in [9.17, 15) is 8.96 Å². The molecule has 0 unspecified atom stereocenters. The van der Waals surface area contributed by atoms with Crippen LogP contribution in [-0.2, 0) is 20.3 Å². The van der Waals surface area contributed by atoms with Gasteiger partial charge in [-0.25, -0.2) is 4.39 Å². The van der Waals surface area contributed by atoms with E-state index in [-0.39, 0.29) is 13.2 Å². The van der Waals surface area contributed by atoms with Gasteiger partial charge in [0.15, 0.2) is 0 Å². The van der Waals surface area contributed by atoms with Gasteiger partial charge in [0.1, 0.15) is 6.67 Å². The second-order valence-electron chi connectivity index (χ2n) is 3.14. The molecule has 0 heterocycles. The van der Waals surface area contributed by atoms with Crippen LogP contribution in [0.4, 0.5) is 4.39 Å². The van der Waals surface area contributed by atoms with Crippen molar-refractivity contribution in [1.29, 1.82) is 0 Å². The first-order valence-corrected chi connectivity index (χ1v) is 6.75. The van der Waals surface area contributed by atoms with E-state index in [2.05, 4.69) is 0 Å². The quantitative estimate of drug-likeness (QED) is 0.724. The first-order valence-electron chi connectivity index (χ1n) is 5.21. The highest BCUT2D eigenvalue weighted by molar-refractivity contribution is 7.62. The molecule has 0 spiro atoms. The first-order chi connectivity index (χ1) is 7.66. The van der Waals surface area contributed by atoms with Crippen LogP contribution in [0.5, 0.6) is 0 Å². The van der Waals surface area contributed by atoms with Crippen molar-refractivity contribution in [2.45, 2.75) is 20.5 Å². The minimum absolute atomic E-state index is 0.289. The van der Waals surface area contributed by atoms with Gasteiger partial charge in [0.2, 0.25) is 0 Å². The van der Waals surface area contributed by atoms with Crippen LogP contribution < -0.4 is 5.30 Å². The topological polar surface area (TPSA) is 35.5 Å². The summed E-state index contributed by atoms with van der Waals surface area (Å²) in [5, 5.41) is 0.409. The Morgan fingerprint density at radius 1 is 1.25 bits per heavy atom. The average Bonchev–Trinajstić information content (AvgIpc) is 2.30. The lowest BCUT2D eigenvalue weighted by molar-refractivity contribution is 0.230. The molecule has 3 nitrogen and oxygen atoms in total. The largest absolute Gasteiger partial charge is 0.361 e. The van der Waals surface area contributed by atoms with E-state index in [0.29, 0.717) is 10.9 Å². The Morgan fingerprint density at radius 2 is 1.88 bits per heavy atom. The molecule has 0 atom stereocenters. The summed E-state index contributed by atoms with van der Waals surface area (Å²) >= 11 is 0. The van der Waals surface area contributed by atoms with Crippen molar-refractivity contribution < 1.29 is 18.0 Å². The molecule has 0 saturated carbocycles. The van der Waals surface area contributed by atoms with Crippen LogP contribution in [0.2, 0.25) is 0 Å². The van der Waals surface area contributed by atoms with Crippen LogP contribution in [0.15, 0.2) is 24.3 Å². The van der Waals surface area contributed by atoms with Gasteiger partial charge in [0.25, 0.3) is 0 Å². The third-order valence-corrected chi connectivity index (χ3v) is 4.09. The van der Waals surface area contributed by atoms with Gasteiger partial charge in [0, 0.05) is 0 Å². The summed E-state index contributed by atoms with van der Waals surface area (Å²) in [6, 6.07) is 6.43. The molecule has 0 aromatic heterocycles. The molecule has 0 bridgehead atoms. The average molecular weight is 246 g/mol. The maximum absolute atomic E-state index is 12.5. The summed E-state index contributed by atoms with van der Waals surface area (Å²) in [5.41, 5.74) is 0.470. The van der Waals surface area contributed by atoms with Gasteiger partial charge >= 0.3 is 7.60 Å². The van der Waals surface area contributed by atoms with E-state index in [1.165, 1.54) is 6.07 Å². The Labute approximate surface area is 95.1 Å². The maximum Gasteiger partial charge on any atom is 0.361 e. The SMILES string of the molecule is CCOP(=O)(OCC)c1cccc(CF)c1. The first kappa shape index (κ1) is 13.4. The Kier molecular flexibility index (Phi) is 5.13. The van der Waals surface area contributed by atoms with E-state index >= 15 is 0 Å². The lowest BCUT2D eigenvalue weighted by Crippen LogP contribution is -2.11. The van der Waals surface area contributed by atoms with Crippen LogP contribution in [0.25, 0.3) is 0 Å². The number of rotatable bonds is 6. The molecule has 0 aliphatic rings. The van der Waals surface area contributed by atoms with Crippen LogP contribution in [-0.4, -0.2) is 13.2 Å². The van der Waals surface area contributed by atoms with Crippen LogP contribution in [0, 0.1) is 0 Å². The zero-order chi connectivity index (χ0) is 12.0. The molecule has 1 rings (SSSR count). The van der Waals surface area contributed by atoms with Crippen molar-refractivity contribution in [3.63, 3.8) is 0 Å². The van der Waals surface area contributed by atoms with Crippen LogP contribution in [0.1, 0.15) is 19.4 Å². The standard InChI is InChI=1S/C11H16FO3P/c1-3-14-16(13,15-4-2)11-7-5-6-10(8-11)9-12/h5-8H,3-4,9H2,1-2H3. The fourth-order valence-electron chi connectivity index (χ4n) is 1.34. The Morgan fingerprint density at radius 3 is 2.38 bits per heavy atom. The summed E-state index contributed by atoms with van der Waals surface area (Å²) in [6.45, 7) is 3.47. The van der Waals surface area contributed by atoms with Gasteiger partial charge in [-0.2, -0.15) is 0 Å². The Hall–Kier alpha value is -0.700. The van der Waals surface area contributed by atoms with Crippen LogP contribution >= 0.6 is 7.60 Å². The highest BCUT2D eigenvalue weighted by atomic mass is 31.2. The third kappa shape index (κ3) is 3.14. The number of halogens is 1. The zero-order valence-electron chi connectivity index (χ0n) is 9.48. The van der Waals surface area contributed by atoms with E-state index in [1.54, 1.807) is 32.0 Å². The van der Waals surface area contributed by atoms with Crippen molar-refractivity contribution in [3.8, 4) is 0 Å². The third-order valence-electron chi connectivity index (χ3n) is 1.98. The lowest BCUT2D eigenvalue weighted by Gasteiger charge is -2.17. The van der Waals surface area contributed by atoms with Crippen molar-refractivity contribution in [3.05, 3.63) is 29.8 Å². The summed E-state index contributed by atoms with van der Waals surface area (Å²) in [5.74, 6) is 0. The minimum atomic E-state index is -3.28. The molecule has 0 aliphatic heterocycles. The molecule has 5 heteroatoms. The van der Waals surface area contributed by atoms with Gasteiger partial charge in [-0.15, -0.1) is 0 Å². The molecule has 16 heavy (non-hydrogen) atoms. The van der Waals surface area contributed by atoms with E-state index in [1.807, 2.05) is 0 Å². The number of alkyl halides is 1. The molecule has 90 valence electrons. The highest BCUT2D eigenvalue weighted by Gasteiger charge is 2.26. The van der Waals surface area contributed by atoms with Gasteiger partial charge < -0.3 is 9.05 Å². The maximum atomic E-state index is 12.5. The summed E-state index contributed by atoms with van der Waals surface area (Å²) in [6.07, 6.45) is 0. The summed E-state index contributed by atoms with van der Waals surface area (Å²) < 4.78 is 35.1. The van der Waals surface area contributed by atoms with Crippen LogP contribution in [0.3, 0.4) is 0 Å². The summed E-state index contributed by atoms with van der Waals surface area (Å²) in [7, 11) is -3.28. The molecule has 1 aromatic carbocycles. The Balaban J connectivity index is 3.05. The second-order valence-corrected chi connectivity index (χ2v) is 5.16. The van der Waals surface area contributed by atoms with Crippen molar-refractivity contribution in [2.75, 3.05) is 13.2 Å². The molecular formula is C11H16FO3P. The van der Waals surface area contributed by atoms with Gasteiger partial charge in [0.05, 0.1) is 18.5 Å². The number of hydrogen-bond acceptors (Lipinski definition) is 3. The molecule has 0 fully saturated rings. The van der Waals surface area contributed by atoms with Gasteiger partial charge in [-0.05, 0) is 31.5 Å². The highest BCUT2D eigenvalue weighted by Crippen LogP contribution is 2.46. The number of benzene rings is 1. The predicted molar refractivity (Wildman–Crippen MR) is 61.7 cm³/mol. The smallest absolute Gasteiger partial charge is 0.305 e. The molecule has 1 aromatic rings. The van der Waals surface area contributed by atoms with Gasteiger partial charge in [-0.1, -0.05) is 12.1 Å². The molecule has 0 saturated heterocycles. The predicted octanol–water partition coefficient (Wildman–Crippen LogP) is 3.05. The molecule has 0 N–H and O–H groups in total. The normalized spacial score (nSPS) is 11.7. The molecule has 0 amide bonds. The van der Waals surface area contributed by atoms with E-state index < -0.39 is 14.3 Å². The fourth-order valence-corrected chi connectivity index (χ4v) is 2.98. The monoisotopic (exact) mass is 246 g/mol. The van der Waals surface area contributed by atoms with E-state index in [4.69, 9.17) is 9.05 Å². The van der Waals surface area contributed by atoms with Crippen molar-refractivity contribution >= 4 is 12.9 Å². The number of hydrogen-bond donors (Lipinski definition) is 0. The summed E-state index contributed by atoms with van der Waals surface area (Å²) in [4.78, 5) is 0. The zero-order valence-corrected chi connectivity index (χ0v) is 10.4. The van der Waals surface area contributed by atoms with Gasteiger partial charge in [-0.3, -0.25) is 4.57 Å². The lowest BCUT2D eigenvalue weighted by atomic mass is 10.2. The van der Waals surface area contributed by atoms with Crippen molar-refractivity contribution in [2.24, 2.45) is 0 Å². The molecule has 0 aliphatic carbocycles. The minimum Gasteiger partial charge on any atom is -0.305 e. The fraction of sp³-hybridized carbons (Fsp3) is 0.455. The molecular weight excluding hydrogens is 230 g/mol. The molecule has 0 radical (unpaired) electrons. The van der Waals surface area contributed by atoms with Crippen molar-refractivity contribution in [1.82, 2.24) is 0 Å². The van der Waals surface area contributed by atoms with E-state index in [0.717, 1.165) is 0 Å².